The van der Waals surface area contributed by atoms with Gasteiger partial charge in [0.05, 0.1) is 25.4 Å². The number of hydrogen-bond donors (Lipinski definition) is 6. The number of esters is 1. The third kappa shape index (κ3) is 44.3. The molecule has 1 rings (SSSR count). The molecule has 1 aliphatic rings. The molecule has 82 heavy (non-hydrogen) atoms. The minimum Gasteiger partial charge on any atom is -0.454 e. The molecule has 1 fully saturated rings. The van der Waals surface area contributed by atoms with Crippen LogP contribution in [0.5, 0.6) is 0 Å². The van der Waals surface area contributed by atoms with E-state index in [9.17, 15) is 35.1 Å². The van der Waals surface area contributed by atoms with Gasteiger partial charge in [-0.05, 0) is 89.9 Å². The standard InChI is InChI=1S/C71H117NO10/c1-4-7-10-13-16-19-22-25-27-29-30-31-32-33-34-35-37-38-40-43-46-49-52-55-58-64(75)70(79)72-62(63(74)57-54-51-48-45-42-24-21-18-15-12-9-6-3)61-80-71-69(68(78)67(77)65(60-73)81-71)82-66(76)59-56-53-50-47-44-41-39-36-28-26-23-20-17-14-11-8-5-2/h8,11,14,16-17,19-20,23,25-28,30-31,33-34,36,39,41,44,54,57,62-65,67-69,71,73-75,77-78H,4-7,9-10,12-13,15,18,21-22,24,29,32,35,37-38,40,42-43,45-53,55-56,58-61H2,1-3H3,(H,72,79)/b11-8-,17-14+,19-16-,23-20+,27-25-,28-26-,31-30-,34-33-,39-36+,44-41+,57-54+. The quantitative estimate of drug-likeness (QED) is 0.0149. The highest BCUT2D eigenvalue weighted by molar-refractivity contribution is 5.80. The summed E-state index contributed by atoms with van der Waals surface area (Å²) >= 11 is 0. The molecule has 11 nitrogen and oxygen atoms in total. The molecule has 0 spiro atoms. The lowest BCUT2D eigenvalue weighted by Gasteiger charge is -2.41. The highest BCUT2D eigenvalue weighted by Crippen LogP contribution is 2.26. The molecular formula is C71H117NO10. The maximum Gasteiger partial charge on any atom is 0.306 e. The number of aliphatic hydroxyl groups is 5. The lowest BCUT2D eigenvalue weighted by Crippen LogP contribution is -2.61. The van der Waals surface area contributed by atoms with Crippen LogP contribution in [-0.4, -0.2) is 99.6 Å². The van der Waals surface area contributed by atoms with E-state index < -0.39 is 67.4 Å². The van der Waals surface area contributed by atoms with Gasteiger partial charge in [-0.15, -0.1) is 0 Å². The molecule has 6 N–H and O–H groups in total. The van der Waals surface area contributed by atoms with Crippen molar-refractivity contribution < 1.29 is 49.3 Å². The minimum atomic E-state index is -1.64. The minimum absolute atomic E-state index is 0.0639. The Balaban J connectivity index is 2.67. The molecule has 11 heteroatoms. The van der Waals surface area contributed by atoms with E-state index in [1.165, 1.54) is 89.9 Å². The molecule has 8 unspecified atom stereocenters. The monoisotopic (exact) mass is 1140 g/mol. The number of aliphatic hydroxyl groups excluding tert-OH is 5. The summed E-state index contributed by atoms with van der Waals surface area (Å²) < 4.78 is 17.6. The lowest BCUT2D eigenvalue weighted by atomic mass is 9.99. The molecule has 0 radical (unpaired) electrons. The van der Waals surface area contributed by atoms with Crippen LogP contribution in [0.25, 0.3) is 0 Å². The summed E-state index contributed by atoms with van der Waals surface area (Å²) in [5.74, 6) is -1.26. The van der Waals surface area contributed by atoms with Crippen LogP contribution < -0.4 is 5.32 Å². The van der Waals surface area contributed by atoms with Crippen molar-refractivity contribution >= 4 is 11.9 Å². The highest BCUT2D eigenvalue weighted by atomic mass is 16.7. The first-order chi connectivity index (χ1) is 40.2. The van der Waals surface area contributed by atoms with E-state index in [0.717, 1.165) is 103 Å². The van der Waals surface area contributed by atoms with Crippen LogP contribution in [0.4, 0.5) is 0 Å². The second-order valence-corrected chi connectivity index (χ2v) is 21.9. The molecular weight excluding hydrogens is 1030 g/mol. The second-order valence-electron chi connectivity index (χ2n) is 21.9. The van der Waals surface area contributed by atoms with Gasteiger partial charge in [0.2, 0.25) is 5.91 Å². The fourth-order valence-corrected chi connectivity index (χ4v) is 9.31. The number of rotatable bonds is 53. The van der Waals surface area contributed by atoms with Crippen LogP contribution in [0.1, 0.15) is 239 Å². The Bertz CT molecular complexity index is 1840. The van der Waals surface area contributed by atoms with Crippen LogP contribution in [-0.2, 0) is 23.8 Å². The summed E-state index contributed by atoms with van der Waals surface area (Å²) in [6, 6.07) is -1.05. The summed E-state index contributed by atoms with van der Waals surface area (Å²) in [5.41, 5.74) is 0. The SMILES string of the molecule is CC\C=C/C=C/C=C/C=C\C=C\C=C\CCCCCC(=O)OC1C(OCC(NC(=O)C(O)CCCCCCCCCC/C=C\C/C=C\C/C=C\C/C=C\CCCCC)C(O)/C=C/CCCCCCCCCCCC)OC(CO)C(O)C1O. The van der Waals surface area contributed by atoms with Crippen LogP contribution in [0.2, 0.25) is 0 Å². The molecule has 1 saturated heterocycles. The fourth-order valence-electron chi connectivity index (χ4n) is 9.31. The Morgan fingerprint density at radius 1 is 0.500 bits per heavy atom. The van der Waals surface area contributed by atoms with Gasteiger partial charge in [0, 0.05) is 6.42 Å². The van der Waals surface area contributed by atoms with Crippen molar-refractivity contribution in [1.82, 2.24) is 5.32 Å². The molecule has 1 amide bonds. The van der Waals surface area contributed by atoms with Gasteiger partial charge in [-0.3, -0.25) is 9.59 Å². The van der Waals surface area contributed by atoms with E-state index >= 15 is 0 Å². The van der Waals surface area contributed by atoms with E-state index in [1.54, 1.807) is 6.08 Å². The molecule has 0 saturated carbocycles. The van der Waals surface area contributed by atoms with Crippen LogP contribution in [0.15, 0.2) is 134 Å². The Hall–Kier alpha value is -4.20. The van der Waals surface area contributed by atoms with E-state index in [-0.39, 0.29) is 19.4 Å². The van der Waals surface area contributed by atoms with E-state index in [1.807, 2.05) is 66.8 Å². The number of unbranched alkanes of at least 4 members (excludes halogenated alkanes) is 24. The van der Waals surface area contributed by atoms with Crippen molar-refractivity contribution in [2.45, 2.75) is 288 Å². The van der Waals surface area contributed by atoms with Crippen molar-refractivity contribution in [1.29, 1.82) is 0 Å². The number of carbonyl (C=O) groups is 2. The molecule has 0 aromatic carbocycles. The van der Waals surface area contributed by atoms with Gasteiger partial charge < -0.3 is 45.1 Å². The third-order valence-electron chi connectivity index (χ3n) is 14.4. The van der Waals surface area contributed by atoms with E-state index in [0.29, 0.717) is 12.8 Å². The number of carbonyl (C=O) groups excluding carboxylic acids is 2. The van der Waals surface area contributed by atoms with Gasteiger partial charge in [0.25, 0.3) is 0 Å². The number of allylic oxidation sites excluding steroid dienone is 21. The Morgan fingerprint density at radius 3 is 1.45 bits per heavy atom. The van der Waals surface area contributed by atoms with Gasteiger partial charge in [0.15, 0.2) is 12.4 Å². The predicted octanol–water partition coefficient (Wildman–Crippen LogP) is 16.0. The van der Waals surface area contributed by atoms with Crippen LogP contribution >= 0.6 is 0 Å². The zero-order valence-electron chi connectivity index (χ0n) is 51.6. The summed E-state index contributed by atoms with van der Waals surface area (Å²) in [5, 5.41) is 57.1. The van der Waals surface area contributed by atoms with Gasteiger partial charge in [0.1, 0.15) is 24.4 Å². The first-order valence-electron chi connectivity index (χ1n) is 32.5. The van der Waals surface area contributed by atoms with Gasteiger partial charge in [-0.25, -0.2) is 0 Å². The Kier molecular flexibility index (Phi) is 52.9. The van der Waals surface area contributed by atoms with Gasteiger partial charge in [-0.2, -0.15) is 0 Å². The smallest absolute Gasteiger partial charge is 0.306 e. The zero-order valence-corrected chi connectivity index (χ0v) is 51.6. The molecule has 1 aliphatic heterocycles. The third-order valence-corrected chi connectivity index (χ3v) is 14.4. The summed E-state index contributed by atoms with van der Waals surface area (Å²) in [7, 11) is 0. The Morgan fingerprint density at radius 2 is 0.927 bits per heavy atom. The maximum absolute atomic E-state index is 13.5. The molecule has 8 atom stereocenters. The first kappa shape index (κ1) is 75.8. The topological polar surface area (TPSA) is 175 Å². The molecule has 0 aliphatic carbocycles. The van der Waals surface area contributed by atoms with Crippen LogP contribution in [0, 0.1) is 0 Å². The van der Waals surface area contributed by atoms with Crippen LogP contribution in [0.3, 0.4) is 0 Å². The molecule has 1 heterocycles. The molecule has 0 aromatic rings. The fraction of sp³-hybridized carbons (Fsp3) is 0.662. The number of amides is 1. The van der Waals surface area contributed by atoms with Crippen molar-refractivity contribution in [3.63, 3.8) is 0 Å². The Labute approximate surface area is 499 Å². The number of nitrogens with one attached hydrogen (secondary N) is 1. The molecule has 0 bridgehead atoms. The van der Waals surface area contributed by atoms with Crippen molar-refractivity contribution in [2.24, 2.45) is 0 Å². The lowest BCUT2D eigenvalue weighted by molar-refractivity contribution is -0.305. The predicted molar refractivity (Wildman–Crippen MR) is 342 cm³/mol. The maximum atomic E-state index is 13.5. The highest BCUT2D eigenvalue weighted by Gasteiger charge is 2.47. The first-order valence-corrected chi connectivity index (χ1v) is 32.5. The number of ether oxygens (including phenoxy) is 3. The van der Waals surface area contributed by atoms with E-state index in [4.69, 9.17) is 14.2 Å². The summed E-state index contributed by atoms with van der Waals surface area (Å²) in [6.45, 7) is 5.58. The summed E-state index contributed by atoms with van der Waals surface area (Å²) in [6.07, 6.45) is 70.5. The van der Waals surface area contributed by atoms with Gasteiger partial charge >= 0.3 is 5.97 Å². The van der Waals surface area contributed by atoms with Gasteiger partial charge in [-0.1, -0.05) is 276 Å². The van der Waals surface area contributed by atoms with Crippen molar-refractivity contribution in [2.75, 3.05) is 13.2 Å². The average molecular weight is 1140 g/mol. The average Bonchev–Trinajstić information content (AvgIpc) is 3.60. The van der Waals surface area contributed by atoms with Crippen molar-refractivity contribution in [3.8, 4) is 0 Å². The summed E-state index contributed by atoms with van der Waals surface area (Å²) in [4.78, 5) is 26.6. The van der Waals surface area contributed by atoms with E-state index in [2.05, 4.69) is 86.8 Å². The molecule has 0 aromatic heterocycles. The second kappa shape index (κ2) is 57.2. The normalized spacial score (nSPS) is 19.5. The van der Waals surface area contributed by atoms with Crippen molar-refractivity contribution in [3.05, 3.63) is 134 Å². The largest absolute Gasteiger partial charge is 0.454 e. The number of hydrogen-bond acceptors (Lipinski definition) is 10. The molecule has 466 valence electrons. The zero-order chi connectivity index (χ0) is 59.6.